The van der Waals surface area contributed by atoms with E-state index in [9.17, 15) is 4.79 Å². The number of aryl methyl sites for hydroxylation is 1. The molecule has 4 aliphatic carbocycles. The number of rotatable bonds is 7. The van der Waals surface area contributed by atoms with Crippen LogP contribution in [0.1, 0.15) is 55.3 Å². The van der Waals surface area contributed by atoms with E-state index in [0.29, 0.717) is 11.3 Å². The summed E-state index contributed by atoms with van der Waals surface area (Å²) in [6.07, 6.45) is 12.1. The maximum absolute atomic E-state index is 14.1. The Balaban J connectivity index is 1.22. The Labute approximate surface area is 257 Å². The molecule has 1 aromatic heterocycles. The van der Waals surface area contributed by atoms with Gasteiger partial charge in [0.1, 0.15) is 0 Å². The lowest BCUT2D eigenvalue weighted by atomic mass is 9.48. The number of amides is 1. The van der Waals surface area contributed by atoms with Gasteiger partial charge in [-0.3, -0.25) is 4.79 Å². The standard InChI is InChI=1S/C37H36N4OS/c1-25-12-14-32(15-13-25)43-24-34-33(36(42)41(38-34)31-10-6-3-7-11-31)19-29-23-40(30-8-4-2-5-9-30)39-35(29)37-20-26-16-27(21-37)18-28(17-26)22-37/h2-15,19,23,26-28H,16-18,20-22,24H2,1H3. The number of thioether (sulfide) groups is 1. The third kappa shape index (κ3) is 4.96. The molecule has 5 nitrogen and oxygen atoms in total. The van der Waals surface area contributed by atoms with Gasteiger partial charge in [-0.2, -0.15) is 15.2 Å². The van der Waals surface area contributed by atoms with Crippen molar-refractivity contribution in [1.82, 2.24) is 9.78 Å². The summed E-state index contributed by atoms with van der Waals surface area (Å²) in [4.78, 5) is 15.3. The summed E-state index contributed by atoms with van der Waals surface area (Å²) < 4.78 is 2.03. The summed E-state index contributed by atoms with van der Waals surface area (Å²) in [5.41, 5.74) is 6.89. The van der Waals surface area contributed by atoms with Crippen LogP contribution in [0.25, 0.3) is 11.8 Å². The molecule has 4 fully saturated rings. The van der Waals surface area contributed by atoms with Gasteiger partial charge >= 0.3 is 0 Å². The van der Waals surface area contributed by atoms with Gasteiger partial charge in [0.05, 0.1) is 28.4 Å². The van der Waals surface area contributed by atoms with Gasteiger partial charge in [0.25, 0.3) is 5.91 Å². The van der Waals surface area contributed by atoms with Gasteiger partial charge in [0, 0.05) is 27.8 Å². The molecule has 5 aliphatic rings. The fraction of sp³-hybridized carbons (Fsp3) is 0.324. The number of carbonyl (C=O) groups is 1. The number of nitrogens with zero attached hydrogens (tertiary/aromatic N) is 4. The predicted molar refractivity (Wildman–Crippen MR) is 175 cm³/mol. The lowest BCUT2D eigenvalue weighted by Crippen LogP contribution is -2.49. The smallest absolute Gasteiger partial charge is 0.267 e. The van der Waals surface area contributed by atoms with E-state index in [1.807, 2.05) is 41.1 Å². The molecule has 216 valence electrons. The second-order valence-corrected chi connectivity index (χ2v) is 14.1. The van der Waals surface area contributed by atoms with Gasteiger partial charge in [-0.15, -0.1) is 11.8 Å². The Morgan fingerprint density at radius 3 is 2.07 bits per heavy atom. The first kappa shape index (κ1) is 26.7. The van der Waals surface area contributed by atoms with Crippen molar-refractivity contribution in [3.8, 4) is 5.69 Å². The minimum absolute atomic E-state index is 0.0744. The van der Waals surface area contributed by atoms with E-state index in [1.54, 1.807) is 16.8 Å². The van der Waals surface area contributed by atoms with E-state index >= 15 is 0 Å². The minimum atomic E-state index is -0.0744. The Hall–Kier alpha value is -3.90. The molecule has 3 aromatic carbocycles. The van der Waals surface area contributed by atoms with Gasteiger partial charge in [0.2, 0.25) is 0 Å². The van der Waals surface area contributed by atoms with Crippen LogP contribution in [-0.4, -0.2) is 27.2 Å². The van der Waals surface area contributed by atoms with E-state index in [2.05, 4.69) is 67.7 Å². The molecule has 0 saturated heterocycles. The van der Waals surface area contributed by atoms with E-state index in [1.165, 1.54) is 54.7 Å². The maximum atomic E-state index is 14.1. The molecule has 0 spiro atoms. The second kappa shape index (κ2) is 10.7. The highest BCUT2D eigenvalue weighted by Crippen LogP contribution is 2.61. The average molecular weight is 585 g/mol. The lowest BCUT2D eigenvalue weighted by molar-refractivity contribution is -0.114. The fourth-order valence-electron chi connectivity index (χ4n) is 8.41. The number of benzene rings is 3. The lowest BCUT2D eigenvalue weighted by Gasteiger charge is -2.56. The number of aromatic nitrogens is 2. The van der Waals surface area contributed by atoms with Gasteiger partial charge < -0.3 is 0 Å². The molecule has 4 aromatic rings. The van der Waals surface area contributed by atoms with Crippen LogP contribution in [0.3, 0.4) is 0 Å². The molecule has 43 heavy (non-hydrogen) atoms. The van der Waals surface area contributed by atoms with Gasteiger partial charge in [-0.1, -0.05) is 54.1 Å². The molecule has 9 rings (SSSR count). The van der Waals surface area contributed by atoms with Crippen LogP contribution in [0.2, 0.25) is 0 Å². The number of para-hydroxylation sites is 2. The number of hydrazone groups is 1. The molecule has 0 unspecified atom stereocenters. The number of hydrogen-bond donors (Lipinski definition) is 0. The Kier molecular flexibility index (Phi) is 6.63. The van der Waals surface area contributed by atoms with E-state index in [-0.39, 0.29) is 11.3 Å². The van der Waals surface area contributed by atoms with Crippen molar-refractivity contribution in [2.24, 2.45) is 22.9 Å². The molecule has 4 bridgehead atoms. The summed E-state index contributed by atoms with van der Waals surface area (Å²) in [5.74, 6) is 2.95. The van der Waals surface area contributed by atoms with Crippen LogP contribution in [0, 0.1) is 24.7 Å². The van der Waals surface area contributed by atoms with Crippen LogP contribution < -0.4 is 5.01 Å². The largest absolute Gasteiger partial charge is 0.280 e. The van der Waals surface area contributed by atoms with Crippen LogP contribution in [0.15, 0.2) is 107 Å². The summed E-state index contributed by atoms with van der Waals surface area (Å²) in [6.45, 7) is 2.10. The number of carbonyl (C=O) groups excluding carboxylic acids is 1. The SMILES string of the molecule is Cc1ccc(SCC2=NN(c3ccccc3)C(=O)C2=Cc2cn(-c3ccccc3)nc2C23CC4CC(CC(C4)C2)C3)cc1. The number of hydrogen-bond acceptors (Lipinski definition) is 4. The molecule has 1 amide bonds. The van der Waals surface area contributed by atoms with E-state index in [4.69, 9.17) is 10.2 Å². The highest BCUT2D eigenvalue weighted by Gasteiger charge is 2.53. The Bertz CT molecular complexity index is 1690. The summed E-state index contributed by atoms with van der Waals surface area (Å²) in [6, 6.07) is 28.7. The normalized spacial score (nSPS) is 26.9. The third-order valence-electron chi connectivity index (χ3n) is 9.96. The first-order valence-electron chi connectivity index (χ1n) is 15.6. The zero-order valence-electron chi connectivity index (χ0n) is 24.5. The molecule has 0 N–H and O–H groups in total. The summed E-state index contributed by atoms with van der Waals surface area (Å²) >= 11 is 1.72. The van der Waals surface area contributed by atoms with Crippen molar-refractivity contribution in [2.45, 2.75) is 55.8 Å². The molecular formula is C37H36N4OS. The van der Waals surface area contributed by atoms with Gasteiger partial charge in [-0.25, -0.2) is 4.68 Å². The Morgan fingerprint density at radius 1 is 0.837 bits per heavy atom. The maximum Gasteiger partial charge on any atom is 0.280 e. The molecule has 0 radical (unpaired) electrons. The highest BCUT2D eigenvalue weighted by atomic mass is 32.2. The highest BCUT2D eigenvalue weighted by molar-refractivity contribution is 8.00. The quantitative estimate of drug-likeness (QED) is 0.162. The zero-order chi connectivity index (χ0) is 29.0. The summed E-state index contributed by atoms with van der Waals surface area (Å²) in [7, 11) is 0. The van der Waals surface area contributed by atoms with Crippen LogP contribution in [-0.2, 0) is 10.2 Å². The molecule has 2 heterocycles. The molecule has 0 atom stereocenters. The monoisotopic (exact) mass is 584 g/mol. The van der Waals surface area contributed by atoms with E-state index < -0.39 is 0 Å². The van der Waals surface area contributed by atoms with Crippen molar-refractivity contribution >= 4 is 35.1 Å². The van der Waals surface area contributed by atoms with E-state index in [0.717, 1.165) is 40.4 Å². The topological polar surface area (TPSA) is 50.5 Å². The number of anilines is 1. The van der Waals surface area contributed by atoms with Crippen molar-refractivity contribution in [3.05, 3.63) is 114 Å². The van der Waals surface area contributed by atoms with Crippen LogP contribution >= 0.6 is 11.8 Å². The third-order valence-corrected chi connectivity index (χ3v) is 11.0. The fourth-order valence-corrected chi connectivity index (χ4v) is 9.26. The van der Waals surface area contributed by atoms with Crippen molar-refractivity contribution < 1.29 is 4.79 Å². The minimum Gasteiger partial charge on any atom is -0.267 e. The molecule has 1 aliphatic heterocycles. The molecule has 4 saturated carbocycles. The predicted octanol–water partition coefficient (Wildman–Crippen LogP) is 8.23. The van der Waals surface area contributed by atoms with Crippen molar-refractivity contribution in [1.29, 1.82) is 0 Å². The van der Waals surface area contributed by atoms with Crippen molar-refractivity contribution in [2.75, 3.05) is 10.8 Å². The van der Waals surface area contributed by atoms with Crippen LogP contribution in [0.5, 0.6) is 0 Å². The average Bonchev–Trinajstić information content (AvgIpc) is 3.59. The van der Waals surface area contributed by atoms with Gasteiger partial charge in [0.15, 0.2) is 0 Å². The zero-order valence-corrected chi connectivity index (χ0v) is 25.3. The first-order chi connectivity index (χ1) is 21.0. The van der Waals surface area contributed by atoms with Crippen LogP contribution in [0.4, 0.5) is 5.69 Å². The summed E-state index contributed by atoms with van der Waals surface area (Å²) in [5, 5.41) is 11.8. The molecule has 6 heteroatoms. The van der Waals surface area contributed by atoms with Gasteiger partial charge in [-0.05, 0) is 106 Å². The second-order valence-electron chi connectivity index (χ2n) is 13.1. The Morgan fingerprint density at radius 2 is 1.44 bits per heavy atom. The first-order valence-corrected chi connectivity index (χ1v) is 16.6. The molecular weight excluding hydrogens is 549 g/mol. The van der Waals surface area contributed by atoms with Crippen molar-refractivity contribution in [3.63, 3.8) is 0 Å².